The first kappa shape index (κ1) is 20.1. The van der Waals surface area contributed by atoms with Crippen LogP contribution in [0, 0.1) is 0 Å². The van der Waals surface area contributed by atoms with Crippen molar-refractivity contribution in [1.82, 2.24) is 0 Å². The normalized spacial score (nSPS) is 12.6. The van der Waals surface area contributed by atoms with E-state index in [1.165, 1.54) is 0 Å². The third-order valence-electron chi connectivity index (χ3n) is 3.88. The highest BCUT2D eigenvalue weighted by atomic mass is 32.2. The molecule has 1 atom stereocenters. The molecule has 0 N–H and O–H groups in total. The van der Waals surface area contributed by atoms with Gasteiger partial charge >= 0.3 is 0 Å². The summed E-state index contributed by atoms with van der Waals surface area (Å²) in [5, 5.41) is 0. The summed E-state index contributed by atoms with van der Waals surface area (Å²) < 4.78 is 32.7. The molecule has 0 saturated heterocycles. The summed E-state index contributed by atoms with van der Waals surface area (Å²) in [6.45, 7) is 3.88. The Bertz CT molecular complexity index is 844. The lowest BCUT2D eigenvalue weighted by Gasteiger charge is -2.18. The van der Waals surface area contributed by atoms with Gasteiger partial charge in [0.2, 0.25) is 0 Å². The minimum absolute atomic E-state index is 0.0367. The predicted octanol–water partition coefficient (Wildman–Crippen LogP) is 3.61. The number of ketones is 1. The lowest BCUT2D eigenvalue weighted by Crippen LogP contribution is -2.18. The van der Waals surface area contributed by atoms with Gasteiger partial charge in [0.15, 0.2) is 5.78 Å². The molecule has 0 bridgehead atoms. The first-order valence-electron chi connectivity index (χ1n) is 8.54. The maximum atomic E-state index is 12.9. The maximum Gasteiger partial charge on any atom is 0.264 e. The Morgan fingerprint density at radius 2 is 1.81 bits per heavy atom. The van der Waals surface area contributed by atoms with E-state index in [1.54, 1.807) is 18.2 Å². The van der Waals surface area contributed by atoms with Crippen LogP contribution < -0.4 is 4.74 Å². The van der Waals surface area contributed by atoms with E-state index in [0.29, 0.717) is 23.3 Å². The molecule has 0 fully saturated rings. The fraction of sp³-hybridized carbons (Fsp3) is 0.350. The zero-order chi connectivity index (χ0) is 19.2. The minimum Gasteiger partial charge on any atom is -0.490 e. The first-order chi connectivity index (χ1) is 12.3. The number of hydrogen-bond acceptors (Lipinski definition) is 5. The number of carbonyl (C=O) groups is 1. The van der Waals surface area contributed by atoms with E-state index in [4.69, 9.17) is 8.92 Å². The molecule has 0 unspecified atom stereocenters. The molecule has 26 heavy (non-hydrogen) atoms. The molecular weight excluding hydrogens is 352 g/mol. The van der Waals surface area contributed by atoms with E-state index in [2.05, 4.69) is 0 Å². The molecule has 0 aliphatic carbocycles. The Labute approximate surface area is 155 Å². The largest absolute Gasteiger partial charge is 0.490 e. The van der Waals surface area contributed by atoms with Crippen LogP contribution >= 0.6 is 0 Å². The average Bonchev–Trinajstić information content (AvgIpc) is 2.61. The third kappa shape index (κ3) is 5.97. The number of ether oxygens (including phenoxy) is 1. The number of carbonyl (C=O) groups excluding carboxylic acids is 1. The van der Waals surface area contributed by atoms with Crippen LogP contribution in [0.5, 0.6) is 5.75 Å². The molecule has 0 saturated carbocycles. The molecule has 2 rings (SSSR count). The summed E-state index contributed by atoms with van der Waals surface area (Å²) in [5.41, 5.74) is 2.15. The second-order valence-electron chi connectivity index (χ2n) is 6.12. The summed E-state index contributed by atoms with van der Waals surface area (Å²) in [4.78, 5) is 12.9. The van der Waals surface area contributed by atoms with E-state index in [0.717, 1.165) is 18.2 Å². The van der Waals surface area contributed by atoms with Crippen molar-refractivity contribution in [1.29, 1.82) is 0 Å². The van der Waals surface area contributed by atoms with E-state index >= 15 is 0 Å². The van der Waals surface area contributed by atoms with Crippen LogP contribution in [0.2, 0.25) is 0 Å². The van der Waals surface area contributed by atoms with Gasteiger partial charge in [0.1, 0.15) is 5.75 Å². The minimum atomic E-state index is -3.47. The van der Waals surface area contributed by atoms with Gasteiger partial charge < -0.3 is 4.74 Å². The molecule has 0 radical (unpaired) electrons. The Balaban J connectivity index is 2.18. The van der Waals surface area contributed by atoms with Gasteiger partial charge in [0, 0.05) is 12.0 Å². The highest BCUT2D eigenvalue weighted by Gasteiger charge is 2.17. The van der Waals surface area contributed by atoms with Crippen LogP contribution in [0.4, 0.5) is 0 Å². The van der Waals surface area contributed by atoms with Crippen molar-refractivity contribution in [3.05, 3.63) is 65.2 Å². The van der Waals surface area contributed by atoms with Gasteiger partial charge in [0.05, 0.1) is 24.5 Å². The zero-order valence-electron chi connectivity index (χ0n) is 15.3. The van der Waals surface area contributed by atoms with Crippen LogP contribution in [-0.2, 0) is 20.7 Å². The lowest BCUT2D eigenvalue weighted by atomic mass is 9.99. The molecule has 2 aromatic rings. The third-order valence-corrected chi connectivity index (χ3v) is 4.48. The fourth-order valence-corrected chi connectivity index (χ4v) is 2.86. The maximum absolute atomic E-state index is 12.9. The van der Waals surface area contributed by atoms with Crippen LogP contribution in [0.15, 0.2) is 48.5 Å². The van der Waals surface area contributed by atoms with Crippen molar-refractivity contribution in [2.24, 2.45) is 0 Å². The quantitative estimate of drug-likeness (QED) is 0.494. The summed E-state index contributed by atoms with van der Waals surface area (Å²) in [5.74, 6) is 0.387. The molecule has 0 aliphatic heterocycles. The van der Waals surface area contributed by atoms with Crippen molar-refractivity contribution in [2.45, 2.75) is 32.8 Å². The molecule has 2 aromatic carbocycles. The van der Waals surface area contributed by atoms with Gasteiger partial charge in [-0.15, -0.1) is 0 Å². The number of aryl methyl sites for hydroxylation is 1. The van der Waals surface area contributed by atoms with E-state index in [9.17, 15) is 13.2 Å². The summed E-state index contributed by atoms with van der Waals surface area (Å²) in [6, 6.07) is 14.6. The highest BCUT2D eigenvalue weighted by molar-refractivity contribution is 7.85. The molecular formula is C20H24O5S. The molecule has 0 spiro atoms. The van der Waals surface area contributed by atoms with Crippen molar-refractivity contribution in [3.8, 4) is 5.75 Å². The Morgan fingerprint density at radius 1 is 1.12 bits per heavy atom. The monoisotopic (exact) mass is 376 g/mol. The molecule has 0 heterocycles. The number of rotatable bonds is 9. The SMILES string of the molecule is CCc1ccc(O[C@H](C)CCOS(C)(=O)=O)c(C(=O)c2ccccc2)c1. The molecule has 140 valence electrons. The zero-order valence-corrected chi connectivity index (χ0v) is 16.1. The lowest BCUT2D eigenvalue weighted by molar-refractivity contribution is 0.103. The summed E-state index contributed by atoms with van der Waals surface area (Å²) in [7, 11) is -3.47. The highest BCUT2D eigenvalue weighted by Crippen LogP contribution is 2.25. The average molecular weight is 376 g/mol. The van der Waals surface area contributed by atoms with E-state index < -0.39 is 10.1 Å². The summed E-state index contributed by atoms with van der Waals surface area (Å²) in [6.07, 6.45) is 1.92. The summed E-state index contributed by atoms with van der Waals surface area (Å²) >= 11 is 0. The smallest absolute Gasteiger partial charge is 0.264 e. The topological polar surface area (TPSA) is 69.7 Å². The van der Waals surface area contributed by atoms with Crippen molar-refractivity contribution < 1.29 is 22.1 Å². The van der Waals surface area contributed by atoms with Crippen molar-refractivity contribution in [2.75, 3.05) is 12.9 Å². The predicted molar refractivity (Wildman–Crippen MR) is 101 cm³/mol. The van der Waals surface area contributed by atoms with Gasteiger partial charge in [-0.05, 0) is 31.0 Å². The molecule has 0 amide bonds. The number of hydrogen-bond donors (Lipinski definition) is 0. The van der Waals surface area contributed by atoms with Gasteiger partial charge in [-0.1, -0.05) is 43.3 Å². The van der Waals surface area contributed by atoms with Gasteiger partial charge in [-0.3, -0.25) is 8.98 Å². The van der Waals surface area contributed by atoms with Gasteiger partial charge in [-0.2, -0.15) is 8.42 Å². The van der Waals surface area contributed by atoms with Crippen molar-refractivity contribution in [3.63, 3.8) is 0 Å². The Kier molecular flexibility index (Phi) is 6.94. The molecule has 0 aromatic heterocycles. The molecule has 5 nitrogen and oxygen atoms in total. The van der Waals surface area contributed by atoms with Crippen LogP contribution in [-0.4, -0.2) is 33.2 Å². The van der Waals surface area contributed by atoms with Gasteiger partial charge in [-0.25, -0.2) is 0 Å². The molecule has 6 heteroatoms. The fourth-order valence-electron chi connectivity index (χ4n) is 2.46. The first-order valence-corrected chi connectivity index (χ1v) is 10.4. The van der Waals surface area contributed by atoms with Crippen LogP contribution in [0.25, 0.3) is 0 Å². The number of benzene rings is 2. The van der Waals surface area contributed by atoms with Crippen LogP contribution in [0.1, 0.15) is 41.8 Å². The second kappa shape index (κ2) is 8.96. The standard InChI is InChI=1S/C20H24O5S/c1-4-16-10-11-19(25-15(2)12-13-24-26(3,22)23)18(14-16)20(21)17-8-6-5-7-9-17/h5-11,14-15H,4,12-13H2,1-3H3/t15-/m1/s1. The van der Waals surface area contributed by atoms with Crippen molar-refractivity contribution >= 4 is 15.9 Å². The van der Waals surface area contributed by atoms with Crippen LogP contribution in [0.3, 0.4) is 0 Å². The Hall–Kier alpha value is -2.18. The second-order valence-corrected chi connectivity index (χ2v) is 7.77. The van der Waals surface area contributed by atoms with E-state index in [1.807, 2.05) is 44.2 Å². The Morgan fingerprint density at radius 3 is 2.42 bits per heavy atom. The molecule has 0 aliphatic rings. The van der Waals surface area contributed by atoms with E-state index in [-0.39, 0.29) is 18.5 Å². The van der Waals surface area contributed by atoms with Gasteiger partial charge in [0.25, 0.3) is 10.1 Å².